The second-order valence-corrected chi connectivity index (χ2v) is 4.15. The number of halogens is 1. The molecule has 1 heterocycles. The minimum absolute atomic E-state index is 0. The highest BCUT2D eigenvalue weighted by atomic mass is 35.5. The van der Waals surface area contributed by atoms with Crippen LogP contribution in [0.2, 0.25) is 0 Å². The first-order valence-corrected chi connectivity index (χ1v) is 5.73. The maximum Gasteiger partial charge on any atom is 0.199 e. The van der Waals surface area contributed by atoms with Gasteiger partial charge in [-0.2, -0.15) is 0 Å². The molecule has 0 unspecified atom stereocenters. The van der Waals surface area contributed by atoms with Gasteiger partial charge in [0.1, 0.15) is 5.82 Å². The number of nitrogens with one attached hydrogen (secondary N) is 1. The van der Waals surface area contributed by atoms with Gasteiger partial charge in [-0.05, 0) is 17.7 Å². The largest absolute Gasteiger partial charge is 1.00 e. The SMILES string of the molecule is Nc1[nH]c2ccccc2c(=O)c1-c1ccccc1.[Cl-]. The van der Waals surface area contributed by atoms with Gasteiger partial charge in [-0.15, -0.1) is 0 Å². The summed E-state index contributed by atoms with van der Waals surface area (Å²) in [6, 6.07) is 16.8. The molecule has 3 nitrogen and oxygen atoms in total. The maximum absolute atomic E-state index is 12.4. The zero-order chi connectivity index (χ0) is 12.5. The van der Waals surface area contributed by atoms with Crippen LogP contribution in [0, 0.1) is 0 Å². The van der Waals surface area contributed by atoms with E-state index in [0.29, 0.717) is 16.8 Å². The molecule has 0 spiro atoms. The van der Waals surface area contributed by atoms with Crippen LogP contribution in [0.5, 0.6) is 0 Å². The highest BCUT2D eigenvalue weighted by Crippen LogP contribution is 2.22. The summed E-state index contributed by atoms with van der Waals surface area (Å²) in [6.07, 6.45) is 0. The van der Waals surface area contributed by atoms with Crippen molar-refractivity contribution in [3.63, 3.8) is 0 Å². The number of hydrogen-bond acceptors (Lipinski definition) is 2. The molecule has 96 valence electrons. The van der Waals surface area contributed by atoms with Crippen molar-refractivity contribution in [1.82, 2.24) is 4.98 Å². The first-order valence-electron chi connectivity index (χ1n) is 5.73. The van der Waals surface area contributed by atoms with Crippen molar-refractivity contribution in [1.29, 1.82) is 0 Å². The van der Waals surface area contributed by atoms with Crippen molar-refractivity contribution in [2.45, 2.75) is 0 Å². The van der Waals surface area contributed by atoms with Crippen LogP contribution in [0.25, 0.3) is 22.0 Å². The Morgan fingerprint density at radius 2 is 1.53 bits per heavy atom. The van der Waals surface area contributed by atoms with Crippen molar-refractivity contribution < 1.29 is 12.4 Å². The van der Waals surface area contributed by atoms with Crippen LogP contribution in [-0.2, 0) is 0 Å². The molecule has 3 rings (SSSR count). The molecule has 3 N–H and O–H groups in total. The number of benzene rings is 2. The number of hydrogen-bond donors (Lipinski definition) is 2. The Bertz CT molecular complexity index is 766. The zero-order valence-electron chi connectivity index (χ0n) is 10.1. The predicted molar refractivity (Wildman–Crippen MR) is 74.4 cm³/mol. The summed E-state index contributed by atoms with van der Waals surface area (Å²) in [5, 5.41) is 0.658. The predicted octanol–water partition coefficient (Wildman–Crippen LogP) is -0.219. The first-order chi connectivity index (χ1) is 8.77. The smallest absolute Gasteiger partial charge is 0.199 e. The molecule has 0 aliphatic rings. The van der Waals surface area contributed by atoms with Gasteiger partial charge in [0.15, 0.2) is 5.43 Å². The van der Waals surface area contributed by atoms with Gasteiger partial charge in [0.05, 0.1) is 11.1 Å². The third kappa shape index (κ3) is 2.20. The molecule has 3 aromatic rings. The molecule has 0 saturated heterocycles. The molecule has 1 aromatic heterocycles. The maximum atomic E-state index is 12.4. The third-order valence-electron chi connectivity index (χ3n) is 3.00. The lowest BCUT2D eigenvalue weighted by Crippen LogP contribution is -3.00. The number of H-pyrrole nitrogens is 1. The number of aromatic nitrogens is 1. The van der Waals surface area contributed by atoms with E-state index in [-0.39, 0.29) is 17.8 Å². The topological polar surface area (TPSA) is 58.9 Å². The molecule has 0 atom stereocenters. The van der Waals surface area contributed by atoms with Crippen LogP contribution >= 0.6 is 0 Å². The number of para-hydroxylation sites is 1. The van der Waals surface area contributed by atoms with E-state index in [1.54, 1.807) is 6.07 Å². The molecule has 19 heavy (non-hydrogen) atoms. The summed E-state index contributed by atoms with van der Waals surface area (Å²) < 4.78 is 0. The van der Waals surface area contributed by atoms with Gasteiger partial charge in [-0.1, -0.05) is 42.5 Å². The zero-order valence-corrected chi connectivity index (χ0v) is 10.8. The number of pyridine rings is 1. The van der Waals surface area contributed by atoms with E-state index in [9.17, 15) is 4.79 Å². The quantitative estimate of drug-likeness (QED) is 0.643. The Morgan fingerprint density at radius 1 is 0.895 bits per heavy atom. The number of anilines is 1. The molecule has 4 heteroatoms. The molecular weight excluding hydrogens is 260 g/mol. The summed E-state index contributed by atoms with van der Waals surface area (Å²) in [5.74, 6) is 0.407. The lowest BCUT2D eigenvalue weighted by Gasteiger charge is -2.07. The van der Waals surface area contributed by atoms with Gasteiger partial charge in [-0.25, -0.2) is 0 Å². The van der Waals surface area contributed by atoms with Gasteiger partial charge in [0, 0.05) is 5.39 Å². The van der Waals surface area contributed by atoms with Gasteiger partial charge >= 0.3 is 0 Å². The van der Waals surface area contributed by atoms with Crippen LogP contribution in [0.4, 0.5) is 5.82 Å². The minimum Gasteiger partial charge on any atom is -1.00 e. The summed E-state index contributed by atoms with van der Waals surface area (Å²) >= 11 is 0. The average Bonchev–Trinajstić information content (AvgIpc) is 2.40. The summed E-state index contributed by atoms with van der Waals surface area (Å²) in [6.45, 7) is 0. The molecule has 0 fully saturated rings. The van der Waals surface area contributed by atoms with Crippen LogP contribution in [0.15, 0.2) is 59.4 Å². The van der Waals surface area contributed by atoms with E-state index in [1.807, 2.05) is 48.5 Å². The summed E-state index contributed by atoms with van der Waals surface area (Å²) in [7, 11) is 0. The van der Waals surface area contributed by atoms with Crippen LogP contribution in [0.1, 0.15) is 0 Å². The van der Waals surface area contributed by atoms with Gasteiger partial charge < -0.3 is 23.1 Å². The Morgan fingerprint density at radius 3 is 2.26 bits per heavy atom. The number of rotatable bonds is 1. The number of nitrogen functional groups attached to an aromatic ring is 1. The minimum atomic E-state index is -0.0342. The normalized spacial score (nSPS) is 10.1. The standard InChI is InChI=1S/C15H12N2O.ClH/c16-15-13(10-6-2-1-3-7-10)14(18)11-8-4-5-9-12(11)17-15;/h1-9H,(H3,16,17,18);1H/p-1. The Hall–Kier alpha value is -2.26. The highest BCUT2D eigenvalue weighted by Gasteiger charge is 2.10. The molecule has 0 aliphatic heterocycles. The first kappa shape index (κ1) is 13.2. The number of nitrogens with two attached hydrogens (primary N) is 1. The van der Waals surface area contributed by atoms with Crippen molar-refractivity contribution in [2.24, 2.45) is 0 Å². The summed E-state index contributed by atoms with van der Waals surface area (Å²) in [5.41, 5.74) is 8.06. The van der Waals surface area contributed by atoms with Gasteiger partial charge in [-0.3, -0.25) is 4.79 Å². The fourth-order valence-electron chi connectivity index (χ4n) is 2.15. The second kappa shape index (κ2) is 5.16. The van der Waals surface area contributed by atoms with E-state index in [4.69, 9.17) is 5.73 Å². The van der Waals surface area contributed by atoms with Gasteiger partial charge in [0.25, 0.3) is 0 Å². The second-order valence-electron chi connectivity index (χ2n) is 4.15. The van der Waals surface area contributed by atoms with Crippen molar-refractivity contribution in [3.05, 3.63) is 64.8 Å². The molecule has 0 amide bonds. The summed E-state index contributed by atoms with van der Waals surface area (Å²) in [4.78, 5) is 15.5. The van der Waals surface area contributed by atoms with Crippen molar-refractivity contribution >= 4 is 16.7 Å². The molecule has 0 saturated carbocycles. The number of fused-ring (bicyclic) bond motifs is 1. The molecule has 2 aromatic carbocycles. The Labute approximate surface area is 116 Å². The Balaban J connectivity index is 0.00000133. The van der Waals surface area contributed by atoms with E-state index >= 15 is 0 Å². The van der Waals surface area contributed by atoms with E-state index in [2.05, 4.69) is 4.98 Å². The monoisotopic (exact) mass is 271 g/mol. The number of aromatic amines is 1. The van der Waals surface area contributed by atoms with Crippen molar-refractivity contribution in [3.8, 4) is 11.1 Å². The van der Waals surface area contributed by atoms with Crippen LogP contribution < -0.4 is 23.6 Å². The van der Waals surface area contributed by atoms with E-state index in [0.717, 1.165) is 11.1 Å². The molecule has 0 radical (unpaired) electrons. The molecule has 0 bridgehead atoms. The Kier molecular flexibility index (Phi) is 3.58. The van der Waals surface area contributed by atoms with E-state index in [1.165, 1.54) is 0 Å². The average molecular weight is 272 g/mol. The lowest BCUT2D eigenvalue weighted by atomic mass is 10.0. The van der Waals surface area contributed by atoms with Crippen LogP contribution in [0.3, 0.4) is 0 Å². The lowest BCUT2D eigenvalue weighted by molar-refractivity contribution is -0.00000363. The van der Waals surface area contributed by atoms with Gasteiger partial charge in [0.2, 0.25) is 0 Å². The van der Waals surface area contributed by atoms with Crippen molar-refractivity contribution in [2.75, 3.05) is 5.73 Å². The molecular formula is C15H12ClN2O-. The highest BCUT2D eigenvalue weighted by molar-refractivity contribution is 5.88. The fraction of sp³-hybridized carbons (Fsp3) is 0. The molecule has 0 aliphatic carbocycles. The fourth-order valence-corrected chi connectivity index (χ4v) is 2.15. The van der Waals surface area contributed by atoms with Crippen LogP contribution in [-0.4, -0.2) is 4.98 Å². The third-order valence-corrected chi connectivity index (χ3v) is 3.00. The van der Waals surface area contributed by atoms with E-state index < -0.39 is 0 Å².